The highest BCUT2D eigenvalue weighted by Crippen LogP contribution is 2.17. The van der Waals surface area contributed by atoms with Gasteiger partial charge in [-0.2, -0.15) is 0 Å². The molecule has 27 heavy (non-hydrogen) atoms. The van der Waals surface area contributed by atoms with Crippen molar-refractivity contribution >= 4 is 11.8 Å². The zero-order valence-corrected chi connectivity index (χ0v) is 15.8. The van der Waals surface area contributed by atoms with Crippen molar-refractivity contribution in [2.75, 3.05) is 13.6 Å². The Morgan fingerprint density at radius 2 is 2.00 bits per heavy atom. The van der Waals surface area contributed by atoms with Gasteiger partial charge in [-0.25, -0.2) is 4.68 Å². The van der Waals surface area contributed by atoms with Crippen molar-refractivity contribution < 1.29 is 9.59 Å². The summed E-state index contributed by atoms with van der Waals surface area (Å²) in [6, 6.07) is 7.19. The van der Waals surface area contributed by atoms with Crippen LogP contribution in [0.1, 0.15) is 36.2 Å². The average molecular weight is 371 g/mol. The predicted octanol–water partition coefficient (Wildman–Crippen LogP) is 0.0485. The Bertz CT molecular complexity index is 774. The molecule has 144 valence electrons. The highest BCUT2D eigenvalue weighted by atomic mass is 16.2. The molecule has 0 bridgehead atoms. The maximum absolute atomic E-state index is 12.5. The Morgan fingerprint density at radius 3 is 2.63 bits per heavy atom. The molecule has 0 spiro atoms. The van der Waals surface area contributed by atoms with Crippen molar-refractivity contribution in [2.45, 2.75) is 44.9 Å². The second kappa shape index (κ2) is 8.26. The first-order valence-electron chi connectivity index (χ1n) is 9.03. The maximum atomic E-state index is 12.5. The first-order valence-corrected chi connectivity index (χ1v) is 9.03. The van der Waals surface area contributed by atoms with Crippen LogP contribution in [0.2, 0.25) is 0 Å². The van der Waals surface area contributed by atoms with Crippen molar-refractivity contribution in [3.8, 4) is 0 Å². The lowest BCUT2D eigenvalue weighted by Crippen LogP contribution is -2.43. The molecule has 2 aromatic rings. The third-order valence-electron chi connectivity index (χ3n) is 4.57. The monoisotopic (exact) mass is 371 g/mol. The van der Waals surface area contributed by atoms with E-state index in [1.165, 1.54) is 0 Å². The fourth-order valence-electron chi connectivity index (χ4n) is 3.26. The van der Waals surface area contributed by atoms with E-state index in [4.69, 9.17) is 0 Å². The minimum Gasteiger partial charge on any atom is -0.353 e. The molecule has 0 saturated carbocycles. The van der Waals surface area contributed by atoms with Gasteiger partial charge in [0.1, 0.15) is 6.33 Å². The van der Waals surface area contributed by atoms with Gasteiger partial charge in [0.2, 0.25) is 5.91 Å². The largest absolute Gasteiger partial charge is 0.353 e. The van der Waals surface area contributed by atoms with Gasteiger partial charge in [-0.05, 0) is 55.4 Å². The third kappa shape index (κ3) is 4.88. The van der Waals surface area contributed by atoms with E-state index >= 15 is 0 Å². The molecule has 1 fully saturated rings. The van der Waals surface area contributed by atoms with Crippen molar-refractivity contribution in [1.29, 1.82) is 0 Å². The zero-order valence-electron chi connectivity index (χ0n) is 15.8. The van der Waals surface area contributed by atoms with Crippen LogP contribution >= 0.6 is 0 Å². The smallest absolute Gasteiger partial charge is 0.251 e. The average Bonchev–Trinajstić information content (AvgIpc) is 3.24. The Labute approximate surface area is 158 Å². The minimum absolute atomic E-state index is 0.0104. The minimum atomic E-state index is -0.212. The summed E-state index contributed by atoms with van der Waals surface area (Å²) in [5.41, 5.74) is 1.60. The fraction of sp³-hybridized carbons (Fsp3) is 0.500. The molecular formula is C18H25N7O2. The third-order valence-corrected chi connectivity index (χ3v) is 4.57. The van der Waals surface area contributed by atoms with Crippen LogP contribution in [0.25, 0.3) is 0 Å². The van der Waals surface area contributed by atoms with E-state index in [1.54, 1.807) is 23.1 Å². The Hall–Kier alpha value is -2.81. The van der Waals surface area contributed by atoms with Crippen LogP contribution in [-0.4, -0.2) is 68.6 Å². The molecule has 0 aliphatic carbocycles. The van der Waals surface area contributed by atoms with Gasteiger partial charge in [-0.3, -0.25) is 14.5 Å². The summed E-state index contributed by atoms with van der Waals surface area (Å²) < 4.78 is 1.62. The van der Waals surface area contributed by atoms with Crippen LogP contribution in [0.4, 0.5) is 0 Å². The Morgan fingerprint density at radius 1 is 1.26 bits per heavy atom. The molecular weight excluding hydrogens is 346 g/mol. The van der Waals surface area contributed by atoms with Crippen molar-refractivity contribution in [3.05, 3.63) is 41.7 Å². The standard InChI is InChI=1S/C18H25N7O2/c1-12(2)20-18(27)16-8-15(10-24(16)3)21-17(26)14-6-4-13(5-7-14)9-25-11-19-22-23-25/h4-7,11-12,15-16H,8-10H2,1-3H3,(H,20,27)(H,21,26)/t15-,16+/m1/s1. The lowest BCUT2D eigenvalue weighted by Gasteiger charge is -2.19. The number of carbonyl (C=O) groups is 2. The number of tetrazole rings is 1. The van der Waals surface area contributed by atoms with Crippen LogP contribution < -0.4 is 10.6 Å². The molecule has 9 heteroatoms. The summed E-state index contributed by atoms with van der Waals surface area (Å²) >= 11 is 0. The van der Waals surface area contributed by atoms with Gasteiger partial charge in [0, 0.05) is 24.2 Å². The maximum Gasteiger partial charge on any atom is 0.251 e. The van der Waals surface area contributed by atoms with Gasteiger partial charge in [-0.15, -0.1) is 5.10 Å². The molecule has 3 rings (SSSR count). The van der Waals surface area contributed by atoms with Crippen LogP contribution in [0.15, 0.2) is 30.6 Å². The van der Waals surface area contributed by atoms with E-state index in [1.807, 2.05) is 37.9 Å². The number of amides is 2. The molecule has 0 unspecified atom stereocenters. The summed E-state index contributed by atoms with van der Waals surface area (Å²) in [6.45, 7) is 5.08. The number of carbonyl (C=O) groups excluding carboxylic acids is 2. The number of benzene rings is 1. The number of nitrogens with one attached hydrogen (secondary N) is 2. The second-order valence-electron chi connectivity index (χ2n) is 7.23. The highest BCUT2D eigenvalue weighted by molar-refractivity contribution is 5.94. The normalized spacial score (nSPS) is 20.0. The molecule has 1 aromatic heterocycles. The molecule has 1 aromatic carbocycles. The van der Waals surface area contributed by atoms with Gasteiger partial charge in [0.15, 0.2) is 0 Å². The van der Waals surface area contributed by atoms with Gasteiger partial charge in [-0.1, -0.05) is 12.1 Å². The van der Waals surface area contributed by atoms with E-state index in [9.17, 15) is 9.59 Å². The van der Waals surface area contributed by atoms with Crippen LogP contribution in [0.3, 0.4) is 0 Å². The first kappa shape index (κ1) is 19.0. The van der Waals surface area contributed by atoms with Crippen molar-refractivity contribution in [1.82, 2.24) is 35.7 Å². The summed E-state index contributed by atoms with van der Waals surface area (Å²) in [4.78, 5) is 26.8. The Kier molecular flexibility index (Phi) is 5.80. The fourth-order valence-corrected chi connectivity index (χ4v) is 3.26. The molecule has 2 N–H and O–H groups in total. The van der Waals surface area contributed by atoms with Crippen molar-refractivity contribution in [2.24, 2.45) is 0 Å². The summed E-state index contributed by atoms with van der Waals surface area (Å²) in [5, 5.41) is 17.0. The van der Waals surface area contributed by atoms with Crippen molar-refractivity contribution in [3.63, 3.8) is 0 Å². The molecule has 2 heterocycles. The first-order chi connectivity index (χ1) is 12.9. The lowest BCUT2D eigenvalue weighted by atomic mass is 10.1. The molecule has 1 saturated heterocycles. The van der Waals surface area contributed by atoms with Crippen LogP contribution in [0.5, 0.6) is 0 Å². The molecule has 2 atom stereocenters. The SMILES string of the molecule is CC(C)NC(=O)[C@@H]1C[C@@H](NC(=O)c2ccc(Cn3cnnn3)cc2)CN1C. The zero-order chi connectivity index (χ0) is 19.4. The molecule has 1 aliphatic heterocycles. The van der Waals surface area contributed by atoms with Gasteiger partial charge < -0.3 is 10.6 Å². The lowest BCUT2D eigenvalue weighted by molar-refractivity contribution is -0.125. The highest BCUT2D eigenvalue weighted by Gasteiger charge is 2.35. The summed E-state index contributed by atoms with van der Waals surface area (Å²) in [6.07, 6.45) is 2.15. The number of aromatic nitrogens is 4. The van der Waals surface area contributed by atoms with E-state index in [0.29, 0.717) is 25.1 Å². The summed E-state index contributed by atoms with van der Waals surface area (Å²) in [5.74, 6) is -0.122. The van der Waals surface area contributed by atoms with E-state index in [0.717, 1.165) is 5.56 Å². The number of hydrogen-bond acceptors (Lipinski definition) is 6. The van der Waals surface area contributed by atoms with Crippen LogP contribution in [-0.2, 0) is 11.3 Å². The van der Waals surface area contributed by atoms with E-state index < -0.39 is 0 Å². The van der Waals surface area contributed by atoms with E-state index in [2.05, 4.69) is 26.2 Å². The number of hydrogen-bond donors (Lipinski definition) is 2. The number of rotatable bonds is 6. The molecule has 1 aliphatic rings. The quantitative estimate of drug-likeness (QED) is 0.743. The topological polar surface area (TPSA) is 105 Å². The number of nitrogens with zero attached hydrogens (tertiary/aromatic N) is 5. The number of likely N-dealkylation sites (N-methyl/N-ethyl adjacent to an activating group) is 1. The number of likely N-dealkylation sites (tertiary alicyclic amines) is 1. The van der Waals surface area contributed by atoms with E-state index in [-0.39, 0.29) is 29.9 Å². The predicted molar refractivity (Wildman–Crippen MR) is 98.9 cm³/mol. The van der Waals surface area contributed by atoms with Gasteiger partial charge >= 0.3 is 0 Å². The molecule has 9 nitrogen and oxygen atoms in total. The Balaban J connectivity index is 1.55. The van der Waals surface area contributed by atoms with Crippen LogP contribution in [0, 0.1) is 0 Å². The summed E-state index contributed by atoms with van der Waals surface area (Å²) in [7, 11) is 1.91. The second-order valence-corrected chi connectivity index (χ2v) is 7.23. The van der Waals surface area contributed by atoms with Gasteiger partial charge in [0.25, 0.3) is 5.91 Å². The van der Waals surface area contributed by atoms with Gasteiger partial charge in [0.05, 0.1) is 12.6 Å². The molecule has 2 amide bonds. The molecule has 0 radical (unpaired) electrons.